The fourth-order valence-electron chi connectivity index (χ4n) is 3.30. The molecule has 0 spiro atoms. The van der Waals surface area contributed by atoms with Gasteiger partial charge < -0.3 is 14.8 Å². The summed E-state index contributed by atoms with van der Waals surface area (Å²) in [6.07, 6.45) is 5.27. The van der Waals surface area contributed by atoms with Gasteiger partial charge in [0, 0.05) is 6.20 Å². The van der Waals surface area contributed by atoms with Crippen LogP contribution in [0.2, 0.25) is 0 Å². The highest BCUT2D eigenvalue weighted by atomic mass is 16.5. The summed E-state index contributed by atoms with van der Waals surface area (Å²) in [5.74, 6) is 1.25. The van der Waals surface area contributed by atoms with Crippen LogP contribution in [0.15, 0.2) is 72.9 Å². The summed E-state index contributed by atoms with van der Waals surface area (Å²) < 4.78 is 11.9. The molecular formula is C25H26N2O3. The van der Waals surface area contributed by atoms with E-state index >= 15 is 0 Å². The molecule has 2 aromatic carbocycles. The van der Waals surface area contributed by atoms with E-state index in [1.807, 2.05) is 73.7 Å². The molecule has 4 rings (SSSR count). The van der Waals surface area contributed by atoms with Crippen molar-refractivity contribution in [3.8, 4) is 11.5 Å². The molecule has 30 heavy (non-hydrogen) atoms. The Morgan fingerprint density at radius 2 is 1.93 bits per heavy atom. The van der Waals surface area contributed by atoms with Crippen molar-refractivity contribution < 1.29 is 14.3 Å². The number of benzene rings is 2. The molecule has 0 bridgehead atoms. The second-order valence-electron chi connectivity index (χ2n) is 7.54. The normalized spacial score (nSPS) is 14.4. The molecule has 1 N–H and O–H groups in total. The Kier molecular flexibility index (Phi) is 6.28. The summed E-state index contributed by atoms with van der Waals surface area (Å²) in [5.41, 5.74) is 2.41. The van der Waals surface area contributed by atoms with Gasteiger partial charge in [-0.05, 0) is 68.1 Å². The summed E-state index contributed by atoms with van der Waals surface area (Å²) >= 11 is 0. The van der Waals surface area contributed by atoms with Crippen LogP contribution >= 0.6 is 0 Å². The first kappa shape index (κ1) is 20.0. The third kappa shape index (κ3) is 4.98. The highest BCUT2D eigenvalue weighted by Crippen LogP contribution is 2.28. The maximum Gasteiger partial charge on any atom is 0.255 e. The fourth-order valence-corrected chi connectivity index (χ4v) is 3.30. The first-order valence-electron chi connectivity index (χ1n) is 10.4. The number of carbonyl (C=O) groups excluding carboxylic acids is 1. The number of hydrogen-bond donors (Lipinski definition) is 1. The topological polar surface area (TPSA) is 60.5 Å². The van der Waals surface area contributed by atoms with E-state index in [0.717, 1.165) is 29.8 Å². The van der Waals surface area contributed by atoms with Gasteiger partial charge in [0.25, 0.3) is 5.91 Å². The minimum atomic E-state index is -0.173. The molecule has 0 aliphatic heterocycles. The lowest BCUT2D eigenvalue weighted by atomic mass is 9.96. The van der Waals surface area contributed by atoms with Crippen molar-refractivity contribution in [3.05, 3.63) is 89.7 Å². The second-order valence-corrected chi connectivity index (χ2v) is 7.54. The van der Waals surface area contributed by atoms with E-state index in [4.69, 9.17) is 9.47 Å². The van der Waals surface area contributed by atoms with E-state index in [1.165, 1.54) is 6.42 Å². The lowest BCUT2D eigenvalue weighted by Crippen LogP contribution is -2.29. The zero-order valence-electron chi connectivity index (χ0n) is 17.1. The number of aromatic nitrogens is 1. The SMILES string of the molecule is CC(NC(=O)c1ccccc1OC1CCC1)c1cccc(OCc2ccccn2)c1. The largest absolute Gasteiger partial charge is 0.490 e. The number of ether oxygens (including phenoxy) is 2. The summed E-state index contributed by atoms with van der Waals surface area (Å²) in [6, 6.07) is 20.8. The Hall–Kier alpha value is -3.34. The van der Waals surface area contributed by atoms with E-state index in [9.17, 15) is 4.79 Å². The van der Waals surface area contributed by atoms with Gasteiger partial charge in [-0.15, -0.1) is 0 Å². The van der Waals surface area contributed by atoms with Crippen LogP contribution in [0.3, 0.4) is 0 Å². The molecule has 1 amide bonds. The Morgan fingerprint density at radius 1 is 1.10 bits per heavy atom. The summed E-state index contributed by atoms with van der Waals surface area (Å²) in [6.45, 7) is 2.36. The van der Waals surface area contributed by atoms with Crippen LogP contribution in [-0.2, 0) is 6.61 Å². The van der Waals surface area contributed by atoms with Crippen LogP contribution in [0.1, 0.15) is 53.8 Å². The minimum absolute atomic E-state index is 0.141. The molecule has 5 heteroatoms. The van der Waals surface area contributed by atoms with Gasteiger partial charge in [0.15, 0.2) is 0 Å². The van der Waals surface area contributed by atoms with E-state index < -0.39 is 0 Å². The monoisotopic (exact) mass is 402 g/mol. The van der Waals surface area contributed by atoms with Crippen molar-refractivity contribution in [2.75, 3.05) is 0 Å². The van der Waals surface area contributed by atoms with Crippen LogP contribution in [-0.4, -0.2) is 17.0 Å². The number of pyridine rings is 1. The summed E-state index contributed by atoms with van der Waals surface area (Å²) in [7, 11) is 0. The highest BCUT2D eigenvalue weighted by molar-refractivity contribution is 5.97. The molecule has 1 fully saturated rings. The second kappa shape index (κ2) is 9.44. The number of nitrogens with one attached hydrogen (secondary N) is 1. The van der Waals surface area contributed by atoms with Crippen molar-refractivity contribution in [1.29, 1.82) is 0 Å². The van der Waals surface area contributed by atoms with Gasteiger partial charge in [-0.1, -0.05) is 30.3 Å². The van der Waals surface area contributed by atoms with Crippen LogP contribution in [0.4, 0.5) is 0 Å². The lowest BCUT2D eigenvalue weighted by molar-refractivity contribution is 0.0915. The zero-order valence-corrected chi connectivity index (χ0v) is 17.1. The minimum Gasteiger partial charge on any atom is -0.490 e. The smallest absolute Gasteiger partial charge is 0.255 e. The molecule has 1 aliphatic rings. The maximum absolute atomic E-state index is 12.9. The predicted octanol–water partition coefficient (Wildman–Crippen LogP) is 5.08. The van der Waals surface area contributed by atoms with E-state index in [-0.39, 0.29) is 18.1 Å². The number of amides is 1. The molecule has 1 atom stereocenters. The number of hydrogen-bond acceptors (Lipinski definition) is 4. The Morgan fingerprint density at radius 3 is 2.70 bits per heavy atom. The summed E-state index contributed by atoms with van der Waals surface area (Å²) in [5, 5.41) is 3.08. The highest BCUT2D eigenvalue weighted by Gasteiger charge is 2.22. The van der Waals surface area contributed by atoms with Gasteiger partial charge >= 0.3 is 0 Å². The van der Waals surface area contributed by atoms with Gasteiger partial charge in [-0.3, -0.25) is 9.78 Å². The molecule has 1 saturated carbocycles. The lowest BCUT2D eigenvalue weighted by Gasteiger charge is -2.27. The van der Waals surface area contributed by atoms with Crippen LogP contribution in [0.25, 0.3) is 0 Å². The van der Waals surface area contributed by atoms with Crippen LogP contribution in [0, 0.1) is 0 Å². The molecule has 0 radical (unpaired) electrons. The number of nitrogens with zero attached hydrogens (tertiary/aromatic N) is 1. The molecule has 1 aromatic heterocycles. The Bertz CT molecular complexity index is 986. The Labute approximate surface area is 177 Å². The summed E-state index contributed by atoms with van der Waals surface area (Å²) in [4.78, 5) is 17.2. The van der Waals surface area contributed by atoms with Gasteiger partial charge in [0.1, 0.15) is 18.1 Å². The van der Waals surface area contributed by atoms with Crippen molar-refractivity contribution in [2.24, 2.45) is 0 Å². The predicted molar refractivity (Wildman–Crippen MR) is 116 cm³/mol. The third-order valence-corrected chi connectivity index (χ3v) is 5.30. The number of rotatable bonds is 8. The van der Waals surface area contributed by atoms with E-state index in [0.29, 0.717) is 17.9 Å². The fraction of sp³-hybridized carbons (Fsp3) is 0.280. The number of para-hydroxylation sites is 1. The van der Waals surface area contributed by atoms with Crippen molar-refractivity contribution in [1.82, 2.24) is 10.3 Å². The van der Waals surface area contributed by atoms with Crippen LogP contribution < -0.4 is 14.8 Å². The molecule has 5 nitrogen and oxygen atoms in total. The first-order valence-corrected chi connectivity index (χ1v) is 10.4. The van der Waals surface area contributed by atoms with E-state index in [2.05, 4.69) is 10.3 Å². The molecule has 154 valence electrons. The number of carbonyl (C=O) groups is 1. The zero-order chi connectivity index (χ0) is 20.8. The van der Waals surface area contributed by atoms with Crippen molar-refractivity contribution in [2.45, 2.75) is 44.9 Å². The van der Waals surface area contributed by atoms with Gasteiger partial charge in [-0.25, -0.2) is 0 Å². The quantitative estimate of drug-likeness (QED) is 0.571. The molecule has 1 unspecified atom stereocenters. The molecular weight excluding hydrogens is 376 g/mol. The molecule has 3 aromatic rings. The first-order chi connectivity index (χ1) is 14.7. The van der Waals surface area contributed by atoms with Gasteiger partial charge in [-0.2, -0.15) is 0 Å². The molecule has 0 saturated heterocycles. The average Bonchev–Trinajstić information content (AvgIpc) is 2.76. The Balaban J connectivity index is 1.40. The van der Waals surface area contributed by atoms with Gasteiger partial charge in [0.2, 0.25) is 0 Å². The molecule has 1 heterocycles. The van der Waals surface area contributed by atoms with Crippen molar-refractivity contribution in [3.63, 3.8) is 0 Å². The van der Waals surface area contributed by atoms with E-state index in [1.54, 1.807) is 6.20 Å². The maximum atomic E-state index is 12.9. The van der Waals surface area contributed by atoms with Crippen molar-refractivity contribution >= 4 is 5.91 Å². The molecule has 1 aliphatic carbocycles. The average molecular weight is 402 g/mol. The standard InChI is InChI=1S/C25H26N2O3/c1-18(19-8-6-12-22(16-19)29-17-20-9-4-5-15-26-20)27-25(28)23-13-2-3-14-24(23)30-21-10-7-11-21/h2-6,8-9,12-16,18,21H,7,10-11,17H2,1H3,(H,27,28). The third-order valence-electron chi connectivity index (χ3n) is 5.30. The van der Waals surface area contributed by atoms with Crippen LogP contribution in [0.5, 0.6) is 11.5 Å². The van der Waals surface area contributed by atoms with Gasteiger partial charge in [0.05, 0.1) is 23.4 Å².